The van der Waals surface area contributed by atoms with Gasteiger partial charge in [-0.15, -0.1) is 0 Å². The number of thioether (sulfide) groups is 1. The topological polar surface area (TPSA) is 67.4 Å². The Bertz CT molecular complexity index is 785. The fourth-order valence-corrected chi connectivity index (χ4v) is 3.22. The quantitative estimate of drug-likeness (QED) is 0.668. The maximum Gasteiger partial charge on any atom is 0.255 e. The van der Waals surface area contributed by atoms with Gasteiger partial charge in [0, 0.05) is 11.6 Å². The SMILES string of the molecule is COc1ccccc1C(=O)NC(CCSC)C(=O)NCc1cccc(Cl)c1. The summed E-state index contributed by atoms with van der Waals surface area (Å²) in [6.07, 6.45) is 2.49. The molecule has 0 bridgehead atoms. The number of methoxy groups -OCH3 is 1. The number of carbonyl (C=O) groups excluding carboxylic acids is 2. The van der Waals surface area contributed by atoms with Crippen LogP contribution in [-0.4, -0.2) is 37.0 Å². The van der Waals surface area contributed by atoms with E-state index < -0.39 is 6.04 Å². The summed E-state index contributed by atoms with van der Waals surface area (Å²) in [4.78, 5) is 25.3. The summed E-state index contributed by atoms with van der Waals surface area (Å²) in [6.45, 7) is 0.347. The van der Waals surface area contributed by atoms with E-state index in [1.165, 1.54) is 7.11 Å². The van der Waals surface area contributed by atoms with E-state index in [1.807, 2.05) is 18.4 Å². The van der Waals surface area contributed by atoms with Crippen LogP contribution in [0.2, 0.25) is 5.02 Å². The van der Waals surface area contributed by atoms with Crippen LogP contribution in [0.3, 0.4) is 0 Å². The molecule has 144 valence electrons. The van der Waals surface area contributed by atoms with Crippen molar-refractivity contribution in [1.29, 1.82) is 0 Å². The number of halogens is 1. The maximum absolute atomic E-state index is 12.6. The van der Waals surface area contributed by atoms with E-state index >= 15 is 0 Å². The molecule has 2 aromatic rings. The summed E-state index contributed by atoms with van der Waals surface area (Å²) in [5.74, 6) is 0.656. The van der Waals surface area contributed by atoms with Crippen molar-refractivity contribution >= 4 is 35.2 Å². The van der Waals surface area contributed by atoms with Gasteiger partial charge in [0.1, 0.15) is 11.8 Å². The van der Waals surface area contributed by atoms with Crippen LogP contribution in [0, 0.1) is 0 Å². The van der Waals surface area contributed by atoms with Gasteiger partial charge in [-0.2, -0.15) is 11.8 Å². The molecule has 0 aliphatic carbocycles. The van der Waals surface area contributed by atoms with Gasteiger partial charge in [0.25, 0.3) is 5.91 Å². The molecule has 0 saturated carbocycles. The van der Waals surface area contributed by atoms with Crippen LogP contribution in [0.1, 0.15) is 22.3 Å². The lowest BCUT2D eigenvalue weighted by Crippen LogP contribution is -2.47. The zero-order valence-corrected chi connectivity index (χ0v) is 16.9. The van der Waals surface area contributed by atoms with Crippen molar-refractivity contribution in [2.45, 2.75) is 19.0 Å². The highest BCUT2D eigenvalue weighted by atomic mass is 35.5. The lowest BCUT2D eigenvalue weighted by Gasteiger charge is -2.19. The fourth-order valence-electron chi connectivity index (χ4n) is 2.53. The predicted octanol–water partition coefficient (Wildman–Crippen LogP) is 3.52. The third kappa shape index (κ3) is 6.48. The van der Waals surface area contributed by atoms with Crippen molar-refractivity contribution in [1.82, 2.24) is 10.6 Å². The van der Waals surface area contributed by atoms with Crippen LogP contribution in [0.25, 0.3) is 0 Å². The van der Waals surface area contributed by atoms with E-state index in [4.69, 9.17) is 16.3 Å². The summed E-state index contributed by atoms with van der Waals surface area (Å²) in [7, 11) is 1.51. The van der Waals surface area contributed by atoms with Crippen LogP contribution in [0.5, 0.6) is 5.75 Å². The van der Waals surface area contributed by atoms with Gasteiger partial charge >= 0.3 is 0 Å². The number of nitrogens with one attached hydrogen (secondary N) is 2. The molecule has 2 N–H and O–H groups in total. The molecule has 1 unspecified atom stereocenters. The molecule has 0 aromatic heterocycles. The van der Waals surface area contributed by atoms with E-state index in [2.05, 4.69) is 10.6 Å². The van der Waals surface area contributed by atoms with Crippen molar-refractivity contribution in [3.8, 4) is 5.75 Å². The van der Waals surface area contributed by atoms with Gasteiger partial charge in [-0.3, -0.25) is 9.59 Å². The zero-order chi connectivity index (χ0) is 19.6. The number of carbonyl (C=O) groups is 2. The highest BCUT2D eigenvalue weighted by Crippen LogP contribution is 2.17. The first-order valence-electron chi connectivity index (χ1n) is 8.50. The van der Waals surface area contributed by atoms with Gasteiger partial charge in [0.2, 0.25) is 5.91 Å². The zero-order valence-electron chi connectivity index (χ0n) is 15.3. The average molecular weight is 407 g/mol. The number of amides is 2. The Kier molecular flexibility index (Phi) is 8.48. The fraction of sp³-hybridized carbons (Fsp3) is 0.300. The molecule has 5 nitrogen and oxygen atoms in total. The van der Waals surface area contributed by atoms with Gasteiger partial charge < -0.3 is 15.4 Å². The third-order valence-corrected chi connectivity index (χ3v) is 4.82. The van der Waals surface area contributed by atoms with Gasteiger partial charge in [-0.1, -0.05) is 35.9 Å². The highest BCUT2D eigenvalue weighted by molar-refractivity contribution is 7.98. The summed E-state index contributed by atoms with van der Waals surface area (Å²) in [6, 6.07) is 13.6. The second-order valence-corrected chi connectivity index (χ2v) is 7.28. The van der Waals surface area contributed by atoms with Crippen molar-refractivity contribution in [3.05, 3.63) is 64.7 Å². The standard InChI is InChI=1S/C20H23ClN2O3S/c1-26-18-9-4-3-8-16(18)19(24)23-17(10-11-27-2)20(25)22-13-14-6-5-7-15(21)12-14/h3-9,12,17H,10-11,13H2,1-2H3,(H,22,25)(H,23,24). The van der Waals surface area contributed by atoms with E-state index in [-0.39, 0.29) is 11.8 Å². The Balaban J connectivity index is 2.04. The van der Waals surface area contributed by atoms with Crippen molar-refractivity contribution in [3.63, 3.8) is 0 Å². The number of ether oxygens (including phenoxy) is 1. The molecule has 0 radical (unpaired) electrons. The minimum Gasteiger partial charge on any atom is -0.496 e. The van der Waals surface area contributed by atoms with Crippen LogP contribution in [-0.2, 0) is 11.3 Å². The highest BCUT2D eigenvalue weighted by Gasteiger charge is 2.22. The van der Waals surface area contributed by atoms with Gasteiger partial charge in [-0.25, -0.2) is 0 Å². The van der Waals surface area contributed by atoms with Gasteiger partial charge in [-0.05, 0) is 48.3 Å². The Morgan fingerprint density at radius 3 is 2.67 bits per heavy atom. The van der Waals surface area contributed by atoms with Crippen LogP contribution >= 0.6 is 23.4 Å². The average Bonchev–Trinajstić information content (AvgIpc) is 2.69. The number of hydrogen-bond donors (Lipinski definition) is 2. The molecular weight excluding hydrogens is 384 g/mol. The third-order valence-electron chi connectivity index (χ3n) is 3.94. The van der Waals surface area contributed by atoms with E-state index in [1.54, 1.807) is 48.2 Å². The smallest absolute Gasteiger partial charge is 0.255 e. The first-order valence-corrected chi connectivity index (χ1v) is 10.3. The lowest BCUT2D eigenvalue weighted by atomic mass is 10.1. The van der Waals surface area contributed by atoms with Gasteiger partial charge in [0.15, 0.2) is 0 Å². The van der Waals surface area contributed by atoms with E-state index in [0.717, 1.165) is 11.3 Å². The Morgan fingerprint density at radius 2 is 1.96 bits per heavy atom. The molecule has 0 spiro atoms. The van der Waals surface area contributed by atoms with Crippen molar-refractivity contribution < 1.29 is 14.3 Å². The molecule has 1 atom stereocenters. The van der Waals surface area contributed by atoms with Crippen LogP contribution in [0.15, 0.2) is 48.5 Å². The second-order valence-electron chi connectivity index (χ2n) is 5.86. The van der Waals surface area contributed by atoms with E-state index in [9.17, 15) is 9.59 Å². The largest absolute Gasteiger partial charge is 0.496 e. The molecule has 0 aliphatic rings. The number of para-hydroxylation sites is 1. The summed E-state index contributed by atoms with van der Waals surface area (Å²) >= 11 is 7.59. The molecule has 0 aliphatic heterocycles. The minimum atomic E-state index is -0.631. The maximum atomic E-state index is 12.6. The molecule has 7 heteroatoms. The molecule has 0 saturated heterocycles. The number of benzene rings is 2. The summed E-state index contributed by atoms with van der Waals surface area (Å²) < 4.78 is 5.23. The normalized spacial score (nSPS) is 11.5. The number of hydrogen-bond acceptors (Lipinski definition) is 4. The molecule has 0 fully saturated rings. The Hall–Kier alpha value is -2.18. The van der Waals surface area contributed by atoms with Crippen molar-refractivity contribution in [2.24, 2.45) is 0 Å². The molecule has 2 aromatic carbocycles. The molecule has 0 heterocycles. The Morgan fingerprint density at radius 1 is 1.19 bits per heavy atom. The summed E-state index contributed by atoms with van der Waals surface area (Å²) in [5.41, 5.74) is 1.30. The van der Waals surface area contributed by atoms with Crippen molar-refractivity contribution in [2.75, 3.05) is 19.1 Å². The monoisotopic (exact) mass is 406 g/mol. The minimum absolute atomic E-state index is 0.229. The van der Waals surface area contributed by atoms with Crippen LogP contribution < -0.4 is 15.4 Å². The van der Waals surface area contributed by atoms with E-state index in [0.29, 0.717) is 29.3 Å². The Labute approximate surface area is 168 Å². The lowest BCUT2D eigenvalue weighted by molar-refractivity contribution is -0.123. The van der Waals surface area contributed by atoms with Gasteiger partial charge in [0.05, 0.1) is 12.7 Å². The molecular formula is C20H23ClN2O3S. The second kappa shape index (κ2) is 10.8. The molecule has 2 amide bonds. The summed E-state index contributed by atoms with van der Waals surface area (Å²) in [5, 5.41) is 6.30. The molecule has 2 rings (SSSR count). The molecule has 27 heavy (non-hydrogen) atoms. The number of rotatable bonds is 9. The first-order chi connectivity index (χ1) is 13.0. The predicted molar refractivity (Wildman–Crippen MR) is 111 cm³/mol. The van der Waals surface area contributed by atoms with Crippen LogP contribution in [0.4, 0.5) is 0 Å². The first kappa shape index (κ1) is 21.1.